The van der Waals surface area contributed by atoms with E-state index in [0.717, 1.165) is 55.4 Å². The summed E-state index contributed by atoms with van der Waals surface area (Å²) in [6.07, 6.45) is 4.13. The molecule has 0 aliphatic heterocycles. The zero-order valence-corrected chi connectivity index (χ0v) is 20.0. The number of hydrogen-bond donors (Lipinski definition) is 1. The first kappa shape index (κ1) is 25.2. The minimum atomic E-state index is -0.0640. The molecule has 0 unspecified atom stereocenters. The first-order valence-corrected chi connectivity index (χ1v) is 11.4. The van der Waals surface area contributed by atoms with Crippen LogP contribution in [0.1, 0.15) is 58.7 Å². The van der Waals surface area contributed by atoms with Crippen molar-refractivity contribution in [2.45, 2.75) is 58.8 Å². The lowest BCUT2D eigenvalue weighted by Gasteiger charge is -2.10. The van der Waals surface area contributed by atoms with Gasteiger partial charge in [0, 0.05) is 24.1 Å². The molecular weight excluding hydrogens is 398 g/mol. The second-order valence-corrected chi connectivity index (χ2v) is 8.54. The standard InChI is InChI=1S/C25H33N3O2.C2H4/c1-5-29-22-15-13-19(14-16-22)20-10-9-11-21(18-20)26-17-8-6-7-12-23-27-24(28-30-23)25(2,3)4;1-2/h9-11,13-16,18,26H,5-8,12,17H2,1-4H3;1-2H2. The average molecular weight is 436 g/mol. The highest BCUT2D eigenvalue weighted by Gasteiger charge is 2.20. The van der Waals surface area contributed by atoms with E-state index in [1.807, 2.05) is 19.1 Å². The van der Waals surface area contributed by atoms with Gasteiger partial charge in [0.15, 0.2) is 5.82 Å². The average Bonchev–Trinajstić information content (AvgIpc) is 3.28. The van der Waals surface area contributed by atoms with Crippen molar-refractivity contribution in [3.63, 3.8) is 0 Å². The molecule has 172 valence electrons. The topological polar surface area (TPSA) is 60.2 Å². The highest BCUT2D eigenvalue weighted by atomic mass is 16.5. The summed E-state index contributed by atoms with van der Waals surface area (Å²) in [7, 11) is 0. The number of unbranched alkanes of at least 4 members (excludes halogenated alkanes) is 2. The summed E-state index contributed by atoms with van der Waals surface area (Å²) in [5, 5.41) is 7.62. The molecule has 1 heterocycles. The Morgan fingerprint density at radius 3 is 2.38 bits per heavy atom. The smallest absolute Gasteiger partial charge is 0.226 e. The number of benzene rings is 2. The second-order valence-electron chi connectivity index (χ2n) is 8.54. The fourth-order valence-corrected chi connectivity index (χ4v) is 3.19. The van der Waals surface area contributed by atoms with Gasteiger partial charge in [0.25, 0.3) is 0 Å². The van der Waals surface area contributed by atoms with Gasteiger partial charge in [-0.05, 0) is 55.2 Å². The molecule has 3 aromatic rings. The maximum atomic E-state index is 5.52. The van der Waals surface area contributed by atoms with Gasteiger partial charge in [-0.3, -0.25) is 0 Å². The van der Waals surface area contributed by atoms with Crippen LogP contribution in [0.15, 0.2) is 66.2 Å². The third-order valence-corrected chi connectivity index (χ3v) is 4.90. The van der Waals surface area contributed by atoms with Crippen molar-refractivity contribution in [2.75, 3.05) is 18.5 Å². The number of aryl methyl sites for hydroxylation is 1. The van der Waals surface area contributed by atoms with Gasteiger partial charge in [-0.15, -0.1) is 13.2 Å². The van der Waals surface area contributed by atoms with Crippen molar-refractivity contribution in [3.8, 4) is 16.9 Å². The molecule has 0 radical (unpaired) electrons. The summed E-state index contributed by atoms with van der Waals surface area (Å²) in [6.45, 7) is 15.9. The molecule has 32 heavy (non-hydrogen) atoms. The summed E-state index contributed by atoms with van der Waals surface area (Å²) >= 11 is 0. The SMILES string of the molecule is C=C.CCOc1ccc(-c2cccc(NCCCCCc3nc(C(C)(C)C)no3)c2)cc1. The molecule has 0 saturated heterocycles. The van der Waals surface area contributed by atoms with Crippen molar-refractivity contribution in [1.29, 1.82) is 0 Å². The van der Waals surface area contributed by atoms with Crippen molar-refractivity contribution in [3.05, 3.63) is 73.4 Å². The molecule has 0 saturated carbocycles. The van der Waals surface area contributed by atoms with Crippen LogP contribution in [0.2, 0.25) is 0 Å². The van der Waals surface area contributed by atoms with Gasteiger partial charge in [0.1, 0.15) is 5.75 Å². The fraction of sp³-hybridized carbons (Fsp3) is 0.407. The maximum Gasteiger partial charge on any atom is 0.226 e. The molecule has 0 aliphatic carbocycles. The Kier molecular flexibility index (Phi) is 9.99. The van der Waals surface area contributed by atoms with Gasteiger partial charge in [0.2, 0.25) is 5.89 Å². The van der Waals surface area contributed by atoms with Crippen LogP contribution < -0.4 is 10.1 Å². The molecule has 5 heteroatoms. The molecule has 3 rings (SSSR count). The predicted molar refractivity (Wildman–Crippen MR) is 133 cm³/mol. The lowest BCUT2D eigenvalue weighted by Crippen LogP contribution is -2.13. The number of hydrogen-bond acceptors (Lipinski definition) is 5. The van der Waals surface area contributed by atoms with E-state index in [2.05, 4.69) is 85.8 Å². The minimum absolute atomic E-state index is 0.0640. The number of anilines is 1. The third kappa shape index (κ3) is 7.88. The Balaban J connectivity index is 0.00000176. The second kappa shape index (κ2) is 12.7. The zero-order chi connectivity index (χ0) is 23.4. The van der Waals surface area contributed by atoms with E-state index in [1.54, 1.807) is 0 Å². The van der Waals surface area contributed by atoms with Gasteiger partial charge in [-0.2, -0.15) is 4.98 Å². The lowest BCUT2D eigenvalue weighted by molar-refractivity contribution is 0.340. The highest BCUT2D eigenvalue weighted by Crippen LogP contribution is 2.25. The molecule has 1 N–H and O–H groups in total. The monoisotopic (exact) mass is 435 g/mol. The third-order valence-electron chi connectivity index (χ3n) is 4.90. The van der Waals surface area contributed by atoms with E-state index in [0.29, 0.717) is 6.61 Å². The molecule has 0 spiro atoms. The minimum Gasteiger partial charge on any atom is -0.494 e. The molecular formula is C27H37N3O2. The van der Waals surface area contributed by atoms with Crippen molar-refractivity contribution in [2.24, 2.45) is 0 Å². The van der Waals surface area contributed by atoms with Crippen LogP contribution in [0, 0.1) is 0 Å². The van der Waals surface area contributed by atoms with Gasteiger partial charge in [0.05, 0.1) is 6.61 Å². The summed E-state index contributed by atoms with van der Waals surface area (Å²) in [5.74, 6) is 2.44. The molecule has 1 aromatic heterocycles. The fourth-order valence-electron chi connectivity index (χ4n) is 3.19. The molecule has 0 bridgehead atoms. The van der Waals surface area contributed by atoms with Gasteiger partial charge in [-0.1, -0.05) is 56.6 Å². The van der Waals surface area contributed by atoms with Crippen LogP contribution in [0.3, 0.4) is 0 Å². The van der Waals surface area contributed by atoms with E-state index in [-0.39, 0.29) is 5.41 Å². The summed E-state index contributed by atoms with van der Waals surface area (Å²) in [5.41, 5.74) is 3.48. The summed E-state index contributed by atoms with van der Waals surface area (Å²) in [4.78, 5) is 4.50. The van der Waals surface area contributed by atoms with E-state index in [1.165, 1.54) is 11.1 Å². The van der Waals surface area contributed by atoms with Crippen LogP contribution in [-0.4, -0.2) is 23.3 Å². The Morgan fingerprint density at radius 1 is 0.969 bits per heavy atom. The van der Waals surface area contributed by atoms with Crippen LogP contribution in [-0.2, 0) is 11.8 Å². The van der Waals surface area contributed by atoms with E-state index >= 15 is 0 Å². The Hall–Kier alpha value is -3.08. The van der Waals surface area contributed by atoms with Gasteiger partial charge in [-0.25, -0.2) is 0 Å². The van der Waals surface area contributed by atoms with Gasteiger partial charge >= 0.3 is 0 Å². The first-order chi connectivity index (χ1) is 15.5. The van der Waals surface area contributed by atoms with E-state index < -0.39 is 0 Å². The van der Waals surface area contributed by atoms with Gasteiger partial charge < -0.3 is 14.6 Å². The molecule has 2 aromatic carbocycles. The van der Waals surface area contributed by atoms with Crippen LogP contribution in [0.4, 0.5) is 5.69 Å². The number of nitrogens with one attached hydrogen (secondary N) is 1. The number of aromatic nitrogens is 2. The highest BCUT2D eigenvalue weighted by molar-refractivity contribution is 5.68. The Bertz CT molecular complexity index is 927. The largest absolute Gasteiger partial charge is 0.494 e. The van der Waals surface area contributed by atoms with E-state index in [9.17, 15) is 0 Å². The quantitative estimate of drug-likeness (QED) is 0.273. The normalized spacial score (nSPS) is 10.9. The van der Waals surface area contributed by atoms with Crippen molar-refractivity contribution < 1.29 is 9.26 Å². The van der Waals surface area contributed by atoms with Crippen molar-refractivity contribution in [1.82, 2.24) is 10.1 Å². The lowest BCUT2D eigenvalue weighted by atomic mass is 9.96. The summed E-state index contributed by atoms with van der Waals surface area (Å²) in [6, 6.07) is 16.8. The summed E-state index contributed by atoms with van der Waals surface area (Å²) < 4.78 is 10.9. The molecule has 0 atom stereocenters. The number of nitrogens with zero attached hydrogens (tertiary/aromatic N) is 2. The molecule has 5 nitrogen and oxygen atoms in total. The predicted octanol–water partition coefficient (Wildman–Crippen LogP) is 7.06. The van der Waals surface area contributed by atoms with Crippen LogP contribution in [0.5, 0.6) is 5.75 Å². The Morgan fingerprint density at radius 2 is 1.72 bits per heavy atom. The molecule has 0 fully saturated rings. The van der Waals surface area contributed by atoms with Crippen LogP contribution >= 0.6 is 0 Å². The maximum absolute atomic E-state index is 5.52. The van der Waals surface area contributed by atoms with Crippen molar-refractivity contribution >= 4 is 5.69 Å². The molecule has 0 aliphatic rings. The number of ether oxygens (including phenoxy) is 1. The zero-order valence-electron chi connectivity index (χ0n) is 20.0. The molecule has 0 amide bonds. The van der Waals surface area contributed by atoms with E-state index in [4.69, 9.17) is 9.26 Å². The first-order valence-electron chi connectivity index (χ1n) is 11.4. The van der Waals surface area contributed by atoms with Crippen LogP contribution in [0.25, 0.3) is 11.1 Å². The Labute approximate surface area is 192 Å². The number of rotatable bonds is 10.